The van der Waals surface area contributed by atoms with Crippen LogP contribution in [0.15, 0.2) is 0 Å². The molecule has 8 heavy (non-hydrogen) atoms. The Morgan fingerprint density at radius 2 is 2.25 bits per heavy atom. The molecule has 0 bridgehead atoms. The van der Waals surface area contributed by atoms with Gasteiger partial charge in [-0.15, -0.1) is 0 Å². The van der Waals surface area contributed by atoms with Crippen LogP contribution in [0.3, 0.4) is 0 Å². The number of hydrogen-bond acceptors (Lipinski definition) is 3. The van der Waals surface area contributed by atoms with E-state index in [2.05, 4.69) is 4.74 Å². The molecule has 44 valence electrons. The quantitative estimate of drug-likeness (QED) is 0.377. The first-order chi connectivity index (χ1) is 3.31. The zero-order chi connectivity index (χ0) is 5.70. The van der Waals surface area contributed by atoms with Crippen molar-refractivity contribution in [1.82, 2.24) is 0 Å². The topological polar surface area (TPSA) is 52.3 Å². The Morgan fingerprint density at radius 1 is 1.75 bits per heavy atom. The van der Waals surface area contributed by atoms with Crippen molar-refractivity contribution in [1.29, 1.82) is 0 Å². The fourth-order valence-electron chi connectivity index (χ4n) is 0.220. The normalized spacial score (nSPS) is 7.25. The van der Waals surface area contributed by atoms with Crippen molar-refractivity contribution >= 4 is 35.5 Å². The molecule has 2 N–H and O–H groups in total. The second kappa shape index (κ2) is 7.43. The summed E-state index contributed by atoms with van der Waals surface area (Å²) >= 11 is 0. The SMILES string of the molecule is COC(=O)CCN.[NaH]. The molecular weight excluding hydrogens is 117 g/mol. The van der Waals surface area contributed by atoms with Gasteiger partial charge in [0.2, 0.25) is 0 Å². The van der Waals surface area contributed by atoms with Gasteiger partial charge < -0.3 is 10.5 Å². The molecule has 0 radical (unpaired) electrons. The van der Waals surface area contributed by atoms with E-state index in [9.17, 15) is 4.79 Å². The standard InChI is InChI=1S/C4H9NO2.Na.H/c1-7-4(6)2-3-5;;/h2-3,5H2,1H3;;. The summed E-state index contributed by atoms with van der Waals surface area (Å²) < 4.78 is 4.27. The molecule has 0 aromatic rings. The van der Waals surface area contributed by atoms with E-state index >= 15 is 0 Å². The van der Waals surface area contributed by atoms with Crippen LogP contribution in [0.4, 0.5) is 0 Å². The zero-order valence-corrected chi connectivity index (χ0v) is 4.31. The van der Waals surface area contributed by atoms with E-state index in [1.807, 2.05) is 0 Å². The summed E-state index contributed by atoms with van der Waals surface area (Å²) in [4.78, 5) is 10.1. The third kappa shape index (κ3) is 6.43. The van der Waals surface area contributed by atoms with Crippen molar-refractivity contribution < 1.29 is 9.53 Å². The molecule has 0 fully saturated rings. The Hall–Kier alpha value is 0.430. The monoisotopic (exact) mass is 127 g/mol. The molecular formula is C4H10NNaO2. The number of esters is 1. The minimum absolute atomic E-state index is 0. The molecule has 0 aromatic heterocycles. The second-order valence-electron chi connectivity index (χ2n) is 1.11. The Kier molecular flexibility index (Phi) is 10.5. The Bertz CT molecular complexity index is 67.1. The fraction of sp³-hybridized carbons (Fsp3) is 0.750. The van der Waals surface area contributed by atoms with Crippen LogP contribution >= 0.6 is 0 Å². The first kappa shape index (κ1) is 11.3. The third-order valence-electron chi connectivity index (χ3n) is 0.576. The molecule has 0 aromatic carbocycles. The van der Waals surface area contributed by atoms with Crippen molar-refractivity contribution in [3.05, 3.63) is 0 Å². The van der Waals surface area contributed by atoms with Gasteiger partial charge in [-0.05, 0) is 0 Å². The van der Waals surface area contributed by atoms with E-state index in [0.29, 0.717) is 13.0 Å². The zero-order valence-electron chi connectivity index (χ0n) is 4.31. The summed E-state index contributed by atoms with van der Waals surface area (Å²) in [6, 6.07) is 0. The molecule has 0 aliphatic heterocycles. The average molecular weight is 127 g/mol. The van der Waals surface area contributed by atoms with Crippen LogP contribution < -0.4 is 5.73 Å². The number of nitrogens with two attached hydrogens (primary N) is 1. The number of rotatable bonds is 2. The third-order valence-corrected chi connectivity index (χ3v) is 0.576. The van der Waals surface area contributed by atoms with Crippen LogP contribution in [0.25, 0.3) is 0 Å². The van der Waals surface area contributed by atoms with E-state index in [1.165, 1.54) is 7.11 Å². The van der Waals surface area contributed by atoms with E-state index in [4.69, 9.17) is 5.73 Å². The van der Waals surface area contributed by atoms with Gasteiger partial charge in [-0.3, -0.25) is 4.79 Å². The molecule has 0 amide bonds. The number of hydrogen-bond donors (Lipinski definition) is 1. The van der Waals surface area contributed by atoms with Crippen LogP contribution in [0.1, 0.15) is 6.42 Å². The van der Waals surface area contributed by atoms with Crippen molar-refractivity contribution in [3.63, 3.8) is 0 Å². The van der Waals surface area contributed by atoms with Gasteiger partial charge in [0.25, 0.3) is 0 Å². The molecule has 0 atom stereocenters. The second-order valence-corrected chi connectivity index (χ2v) is 1.11. The fourth-order valence-corrected chi connectivity index (χ4v) is 0.220. The van der Waals surface area contributed by atoms with Gasteiger partial charge in [0.05, 0.1) is 13.5 Å². The van der Waals surface area contributed by atoms with Crippen molar-refractivity contribution in [2.45, 2.75) is 6.42 Å². The molecule has 4 heteroatoms. The van der Waals surface area contributed by atoms with Crippen molar-refractivity contribution in [2.24, 2.45) is 5.73 Å². The van der Waals surface area contributed by atoms with Crippen LogP contribution in [-0.4, -0.2) is 49.2 Å². The van der Waals surface area contributed by atoms with Gasteiger partial charge in [0, 0.05) is 6.54 Å². The van der Waals surface area contributed by atoms with Crippen LogP contribution in [0.5, 0.6) is 0 Å². The number of ether oxygens (including phenoxy) is 1. The predicted molar refractivity (Wildman–Crippen MR) is 32.8 cm³/mol. The molecule has 0 saturated carbocycles. The van der Waals surface area contributed by atoms with Crippen molar-refractivity contribution in [2.75, 3.05) is 13.7 Å². The maximum atomic E-state index is 10.1. The summed E-state index contributed by atoms with van der Waals surface area (Å²) in [6.07, 6.45) is 0.316. The Balaban J connectivity index is 0. The van der Waals surface area contributed by atoms with E-state index < -0.39 is 0 Å². The van der Waals surface area contributed by atoms with Crippen molar-refractivity contribution in [3.8, 4) is 0 Å². The van der Waals surface area contributed by atoms with Crippen LogP contribution in [0.2, 0.25) is 0 Å². The van der Waals surface area contributed by atoms with Gasteiger partial charge in [-0.2, -0.15) is 0 Å². The van der Waals surface area contributed by atoms with E-state index in [1.54, 1.807) is 0 Å². The summed E-state index contributed by atoms with van der Waals surface area (Å²) in [7, 11) is 1.35. The molecule has 0 aliphatic rings. The van der Waals surface area contributed by atoms with Gasteiger partial charge in [0.15, 0.2) is 0 Å². The van der Waals surface area contributed by atoms with Gasteiger partial charge in [-0.25, -0.2) is 0 Å². The van der Waals surface area contributed by atoms with Crippen LogP contribution in [-0.2, 0) is 9.53 Å². The Labute approximate surface area is 70.9 Å². The molecule has 3 nitrogen and oxygen atoms in total. The molecule has 0 heterocycles. The molecule has 0 aliphatic carbocycles. The van der Waals surface area contributed by atoms with Gasteiger partial charge in [-0.1, -0.05) is 0 Å². The van der Waals surface area contributed by atoms with E-state index in [-0.39, 0.29) is 35.5 Å². The van der Waals surface area contributed by atoms with Gasteiger partial charge >= 0.3 is 35.5 Å². The number of carbonyl (C=O) groups is 1. The minimum atomic E-state index is -0.248. The average Bonchev–Trinajstić information content (AvgIpc) is 1.68. The van der Waals surface area contributed by atoms with E-state index in [0.717, 1.165) is 0 Å². The predicted octanol–water partition coefficient (Wildman–Crippen LogP) is -1.14. The summed E-state index contributed by atoms with van der Waals surface area (Å²) in [5.74, 6) is -0.248. The molecule has 0 saturated heterocycles. The number of methoxy groups -OCH3 is 1. The molecule has 0 rings (SSSR count). The summed E-state index contributed by atoms with van der Waals surface area (Å²) in [5, 5.41) is 0. The maximum absolute atomic E-state index is 10.1. The van der Waals surface area contributed by atoms with Gasteiger partial charge in [0.1, 0.15) is 0 Å². The Morgan fingerprint density at radius 3 is 2.38 bits per heavy atom. The summed E-state index contributed by atoms with van der Waals surface area (Å²) in [6.45, 7) is 0.368. The first-order valence-electron chi connectivity index (χ1n) is 2.08. The molecule has 0 spiro atoms. The molecule has 0 unspecified atom stereocenters. The first-order valence-corrected chi connectivity index (χ1v) is 2.08. The van der Waals surface area contributed by atoms with Crippen LogP contribution in [0, 0.1) is 0 Å². The number of carbonyl (C=O) groups excluding carboxylic acids is 1. The summed E-state index contributed by atoms with van der Waals surface area (Å²) in [5.41, 5.74) is 5.00.